The third-order valence-corrected chi connectivity index (χ3v) is 8.38. The fourth-order valence-electron chi connectivity index (χ4n) is 3.82. The molecule has 1 aliphatic heterocycles. The van der Waals surface area contributed by atoms with E-state index in [-0.39, 0.29) is 27.6 Å². The van der Waals surface area contributed by atoms with Gasteiger partial charge in [-0.05, 0) is 53.9 Å². The Morgan fingerprint density at radius 2 is 1.77 bits per heavy atom. The summed E-state index contributed by atoms with van der Waals surface area (Å²) in [6.45, 7) is 1.40. The highest BCUT2D eigenvalue weighted by molar-refractivity contribution is 7.91. The Labute approximate surface area is 210 Å². The Morgan fingerprint density at radius 1 is 1.03 bits per heavy atom. The van der Waals surface area contributed by atoms with Crippen LogP contribution in [0.5, 0.6) is 0 Å². The second kappa shape index (κ2) is 9.44. The number of thiophene rings is 1. The molecule has 2 aromatic carbocycles. The topological polar surface area (TPSA) is 83.7 Å². The van der Waals surface area contributed by atoms with Crippen LogP contribution in [-0.4, -0.2) is 50.4 Å². The average Bonchev–Trinajstić information content (AvgIpc) is 3.55. The number of anilines is 1. The molecule has 0 aliphatic carbocycles. The fourth-order valence-corrected chi connectivity index (χ4v) is 5.98. The molecule has 1 aliphatic rings. The van der Waals surface area contributed by atoms with Gasteiger partial charge in [0.25, 0.3) is 5.91 Å². The first-order chi connectivity index (χ1) is 16.8. The number of sulfone groups is 1. The molecule has 0 radical (unpaired) electrons. The molecule has 5 rings (SSSR count). The van der Waals surface area contributed by atoms with E-state index in [1.54, 1.807) is 40.1 Å². The lowest BCUT2D eigenvalue weighted by Gasteiger charge is -2.34. The molecule has 35 heavy (non-hydrogen) atoms. The summed E-state index contributed by atoms with van der Waals surface area (Å²) >= 11 is 7.39. The van der Waals surface area contributed by atoms with Gasteiger partial charge in [-0.1, -0.05) is 23.7 Å². The first-order valence-electron chi connectivity index (χ1n) is 10.7. The quantitative estimate of drug-likeness (QED) is 0.337. The maximum atomic E-state index is 13.4. The van der Waals surface area contributed by atoms with Crippen molar-refractivity contribution >= 4 is 44.6 Å². The molecule has 0 bridgehead atoms. The van der Waals surface area contributed by atoms with Crippen molar-refractivity contribution in [3.05, 3.63) is 82.4 Å². The van der Waals surface area contributed by atoms with E-state index in [2.05, 4.69) is 4.98 Å². The molecule has 11 heteroatoms. The van der Waals surface area contributed by atoms with Crippen molar-refractivity contribution in [1.82, 2.24) is 9.88 Å². The van der Waals surface area contributed by atoms with Crippen molar-refractivity contribution < 1.29 is 22.0 Å². The molecule has 1 amide bonds. The SMILES string of the molecule is O=C(c1cccc(Cl)c1)N1CCN(c2oc(-c3cccs3)nc2S(=O)(=O)c2ccc(F)cc2)CC1. The standard InChI is InChI=1S/C24H19ClFN3O4S2/c25-17-4-1-3-16(15-17)23(30)28-10-12-29(13-11-28)24-22(27-21(33-24)20-5-2-14-34-20)35(31,32)19-8-6-18(26)7-9-19/h1-9,14-15H,10-13H2. The van der Waals surface area contributed by atoms with Crippen LogP contribution in [0, 0.1) is 5.82 Å². The summed E-state index contributed by atoms with van der Waals surface area (Å²) in [5, 5.41) is 2.09. The average molecular weight is 532 g/mol. The van der Waals surface area contributed by atoms with Gasteiger partial charge in [0.1, 0.15) is 5.82 Å². The number of halogens is 2. The zero-order valence-corrected chi connectivity index (χ0v) is 20.6. The van der Waals surface area contributed by atoms with E-state index in [1.807, 2.05) is 11.4 Å². The molecular formula is C24H19ClFN3O4S2. The minimum absolute atomic E-state index is 0.0825. The minimum Gasteiger partial charge on any atom is -0.418 e. The zero-order valence-electron chi connectivity index (χ0n) is 18.2. The summed E-state index contributed by atoms with van der Waals surface area (Å²) < 4.78 is 46.3. The summed E-state index contributed by atoms with van der Waals surface area (Å²) in [6.07, 6.45) is 0. The third-order valence-electron chi connectivity index (χ3n) is 5.62. The molecule has 0 atom stereocenters. The Hall–Kier alpha value is -3.21. The molecule has 1 fully saturated rings. The number of amides is 1. The lowest BCUT2D eigenvalue weighted by molar-refractivity contribution is 0.0745. The molecular weight excluding hydrogens is 513 g/mol. The molecule has 0 saturated carbocycles. The van der Waals surface area contributed by atoms with E-state index < -0.39 is 15.7 Å². The number of hydrogen-bond donors (Lipinski definition) is 0. The van der Waals surface area contributed by atoms with Gasteiger partial charge in [-0.15, -0.1) is 11.3 Å². The first-order valence-corrected chi connectivity index (χ1v) is 13.4. The van der Waals surface area contributed by atoms with Gasteiger partial charge in [0.05, 0.1) is 9.77 Å². The van der Waals surface area contributed by atoms with Gasteiger partial charge in [-0.25, -0.2) is 12.8 Å². The van der Waals surface area contributed by atoms with Crippen molar-refractivity contribution in [3.8, 4) is 10.8 Å². The van der Waals surface area contributed by atoms with Crippen LogP contribution < -0.4 is 4.90 Å². The van der Waals surface area contributed by atoms with Crippen LogP contribution in [0.4, 0.5) is 10.3 Å². The Kier molecular flexibility index (Phi) is 6.35. The molecule has 7 nitrogen and oxygen atoms in total. The van der Waals surface area contributed by atoms with E-state index in [0.717, 1.165) is 12.1 Å². The van der Waals surface area contributed by atoms with Crippen LogP contribution in [0.15, 0.2) is 80.4 Å². The van der Waals surface area contributed by atoms with E-state index >= 15 is 0 Å². The van der Waals surface area contributed by atoms with E-state index in [1.165, 1.54) is 23.5 Å². The van der Waals surface area contributed by atoms with E-state index in [9.17, 15) is 17.6 Å². The largest absolute Gasteiger partial charge is 0.418 e. The lowest BCUT2D eigenvalue weighted by Crippen LogP contribution is -2.49. The number of oxazole rings is 1. The van der Waals surface area contributed by atoms with Gasteiger partial charge in [0.15, 0.2) is 0 Å². The number of carbonyl (C=O) groups excluding carboxylic acids is 1. The van der Waals surface area contributed by atoms with Crippen molar-refractivity contribution in [1.29, 1.82) is 0 Å². The number of hydrogen-bond acceptors (Lipinski definition) is 7. The van der Waals surface area contributed by atoms with Gasteiger partial charge in [0.2, 0.25) is 26.6 Å². The number of carbonyl (C=O) groups is 1. The van der Waals surface area contributed by atoms with E-state index in [4.69, 9.17) is 16.0 Å². The molecule has 0 N–H and O–H groups in total. The fraction of sp³-hybridized carbons (Fsp3) is 0.167. The number of aromatic nitrogens is 1. The van der Waals surface area contributed by atoms with Crippen molar-refractivity contribution in [2.75, 3.05) is 31.1 Å². The molecule has 180 valence electrons. The Morgan fingerprint density at radius 3 is 2.43 bits per heavy atom. The first kappa shape index (κ1) is 23.5. The van der Waals surface area contributed by atoms with Crippen LogP contribution in [-0.2, 0) is 9.84 Å². The van der Waals surface area contributed by atoms with Crippen molar-refractivity contribution in [2.24, 2.45) is 0 Å². The molecule has 3 heterocycles. The number of benzene rings is 2. The second-order valence-electron chi connectivity index (χ2n) is 7.85. The van der Waals surface area contributed by atoms with Crippen LogP contribution in [0.2, 0.25) is 5.02 Å². The van der Waals surface area contributed by atoms with Crippen molar-refractivity contribution in [2.45, 2.75) is 9.92 Å². The molecule has 1 saturated heterocycles. The van der Waals surface area contributed by atoms with Crippen molar-refractivity contribution in [3.63, 3.8) is 0 Å². The van der Waals surface area contributed by atoms with Gasteiger partial charge >= 0.3 is 0 Å². The summed E-state index contributed by atoms with van der Waals surface area (Å²) in [6, 6.07) is 14.9. The van der Waals surface area contributed by atoms with Gasteiger partial charge in [-0.2, -0.15) is 4.98 Å². The van der Waals surface area contributed by atoms with Crippen LogP contribution in [0.25, 0.3) is 10.8 Å². The van der Waals surface area contributed by atoms with Crippen LogP contribution >= 0.6 is 22.9 Å². The minimum atomic E-state index is -4.09. The lowest BCUT2D eigenvalue weighted by atomic mass is 10.2. The highest BCUT2D eigenvalue weighted by Crippen LogP contribution is 2.36. The monoisotopic (exact) mass is 531 g/mol. The Bertz CT molecular complexity index is 1460. The molecule has 4 aromatic rings. The summed E-state index contributed by atoms with van der Waals surface area (Å²) in [5.41, 5.74) is 0.491. The van der Waals surface area contributed by atoms with Crippen LogP contribution in [0.1, 0.15) is 10.4 Å². The maximum Gasteiger partial charge on any atom is 0.254 e. The van der Waals surface area contributed by atoms with E-state index in [0.29, 0.717) is 41.6 Å². The highest BCUT2D eigenvalue weighted by Gasteiger charge is 2.33. The zero-order chi connectivity index (χ0) is 24.6. The van der Waals surface area contributed by atoms with Gasteiger partial charge < -0.3 is 14.2 Å². The van der Waals surface area contributed by atoms with Gasteiger partial charge in [-0.3, -0.25) is 4.79 Å². The summed E-state index contributed by atoms with van der Waals surface area (Å²) in [4.78, 5) is 21.3. The maximum absolute atomic E-state index is 13.4. The molecule has 0 spiro atoms. The summed E-state index contributed by atoms with van der Waals surface area (Å²) in [5.74, 6) is -0.395. The summed E-state index contributed by atoms with van der Waals surface area (Å²) in [7, 11) is -4.09. The van der Waals surface area contributed by atoms with Gasteiger partial charge in [0, 0.05) is 36.8 Å². The predicted octanol–water partition coefficient (Wildman–Crippen LogP) is 4.99. The highest BCUT2D eigenvalue weighted by atomic mass is 35.5. The second-order valence-corrected chi connectivity index (χ2v) is 11.1. The molecule has 2 aromatic heterocycles. The smallest absolute Gasteiger partial charge is 0.254 e. The Balaban J connectivity index is 1.44. The molecule has 0 unspecified atom stereocenters. The normalized spacial score (nSPS) is 14.3. The number of nitrogens with zero attached hydrogens (tertiary/aromatic N) is 3. The van der Waals surface area contributed by atoms with Crippen LogP contribution in [0.3, 0.4) is 0 Å². The number of piperazine rings is 1. The predicted molar refractivity (Wildman–Crippen MR) is 131 cm³/mol. The number of rotatable bonds is 5. The third kappa shape index (κ3) is 4.69.